The van der Waals surface area contributed by atoms with E-state index in [2.05, 4.69) is 10.4 Å². The normalized spacial score (nSPS) is 14.5. The Morgan fingerprint density at radius 3 is 2.75 bits per heavy atom. The first-order valence-corrected chi connectivity index (χ1v) is 7.53. The average molecular weight is 331 g/mol. The number of hydrogen-bond acceptors (Lipinski definition) is 4. The Hall–Kier alpha value is -2.83. The topological polar surface area (TPSA) is 93.5 Å². The molecule has 0 fully saturated rings. The molecule has 7 heteroatoms. The number of hydrogen-bond donors (Lipinski definition) is 2. The molecule has 0 spiro atoms. The largest absolute Gasteiger partial charge is 0.497 e. The number of aliphatic carboxylic acids is 1. The summed E-state index contributed by atoms with van der Waals surface area (Å²) >= 11 is 0. The molecule has 1 amide bonds. The first-order valence-electron chi connectivity index (χ1n) is 7.53. The number of carboxylic acids is 1. The fourth-order valence-electron chi connectivity index (χ4n) is 2.49. The van der Waals surface area contributed by atoms with Gasteiger partial charge in [0.15, 0.2) is 0 Å². The smallest absolute Gasteiger partial charge is 0.306 e. The summed E-state index contributed by atoms with van der Waals surface area (Å²) in [6, 6.07) is 8.18. The van der Waals surface area contributed by atoms with Crippen molar-refractivity contribution in [1.82, 2.24) is 15.1 Å². The van der Waals surface area contributed by atoms with Crippen molar-refractivity contribution >= 4 is 11.9 Å². The lowest BCUT2D eigenvalue weighted by molar-refractivity contribution is -0.139. The van der Waals surface area contributed by atoms with Crippen LogP contribution in [0.15, 0.2) is 42.7 Å². The Morgan fingerprint density at radius 2 is 2.17 bits per heavy atom. The van der Waals surface area contributed by atoms with Crippen LogP contribution in [0.1, 0.15) is 31.9 Å². The second kappa shape index (κ2) is 7.16. The highest BCUT2D eigenvalue weighted by molar-refractivity contribution is 5.82. The molecular formula is C17H21N3O4. The molecule has 0 bridgehead atoms. The number of benzene rings is 1. The Balaban J connectivity index is 2.29. The Morgan fingerprint density at radius 1 is 1.42 bits per heavy atom. The second-order valence-electron chi connectivity index (χ2n) is 5.79. The third-order valence-electron chi connectivity index (χ3n) is 3.91. The maximum absolute atomic E-state index is 12.6. The molecule has 2 aromatic rings. The van der Waals surface area contributed by atoms with Gasteiger partial charge in [-0.15, -0.1) is 0 Å². The van der Waals surface area contributed by atoms with E-state index >= 15 is 0 Å². The predicted octanol–water partition coefficient (Wildman–Crippen LogP) is 1.96. The van der Waals surface area contributed by atoms with Crippen molar-refractivity contribution in [3.8, 4) is 5.75 Å². The molecule has 24 heavy (non-hydrogen) atoms. The molecule has 128 valence electrons. The van der Waals surface area contributed by atoms with E-state index in [0.717, 1.165) is 0 Å². The van der Waals surface area contributed by atoms with Crippen LogP contribution in [0.5, 0.6) is 5.75 Å². The molecule has 1 aromatic heterocycles. The zero-order valence-corrected chi connectivity index (χ0v) is 13.9. The van der Waals surface area contributed by atoms with Gasteiger partial charge < -0.3 is 15.2 Å². The number of nitrogens with one attached hydrogen (secondary N) is 1. The molecule has 1 heterocycles. The minimum absolute atomic E-state index is 0.252. The number of rotatable bonds is 7. The number of carbonyl (C=O) groups excluding carboxylic acids is 1. The van der Waals surface area contributed by atoms with Gasteiger partial charge in [0.2, 0.25) is 5.91 Å². The zero-order chi connectivity index (χ0) is 17.7. The molecule has 1 aromatic carbocycles. The van der Waals surface area contributed by atoms with Gasteiger partial charge in [-0.05, 0) is 37.6 Å². The average Bonchev–Trinajstić information content (AvgIpc) is 3.07. The minimum atomic E-state index is -1.07. The third-order valence-corrected chi connectivity index (χ3v) is 3.91. The summed E-state index contributed by atoms with van der Waals surface area (Å²) in [7, 11) is 1.53. The number of aromatic nitrogens is 2. The van der Waals surface area contributed by atoms with Crippen LogP contribution in [0.25, 0.3) is 0 Å². The van der Waals surface area contributed by atoms with Gasteiger partial charge in [-0.2, -0.15) is 5.10 Å². The van der Waals surface area contributed by atoms with Crippen LogP contribution in [0, 0.1) is 0 Å². The maximum atomic E-state index is 12.6. The standard InChI is InChI=1S/C17H21N3O4/c1-12(20-9-5-8-18-20)16(23)19-17(2,11-15(21)22)13-6-4-7-14(10-13)24-3/h4-10,12H,11H2,1-3H3,(H,19,23)(H,21,22). The molecule has 0 radical (unpaired) electrons. The predicted molar refractivity (Wildman–Crippen MR) is 87.7 cm³/mol. The summed E-state index contributed by atoms with van der Waals surface area (Å²) in [5, 5.41) is 16.2. The van der Waals surface area contributed by atoms with Crippen molar-refractivity contribution < 1.29 is 19.4 Å². The quantitative estimate of drug-likeness (QED) is 0.809. The van der Waals surface area contributed by atoms with Crippen LogP contribution in [0.2, 0.25) is 0 Å². The molecule has 7 nitrogen and oxygen atoms in total. The minimum Gasteiger partial charge on any atom is -0.497 e. The van der Waals surface area contributed by atoms with Crippen LogP contribution in [-0.2, 0) is 15.1 Å². The highest BCUT2D eigenvalue weighted by Crippen LogP contribution is 2.28. The van der Waals surface area contributed by atoms with Crippen molar-refractivity contribution in [2.45, 2.75) is 31.8 Å². The third kappa shape index (κ3) is 3.92. The van der Waals surface area contributed by atoms with E-state index in [-0.39, 0.29) is 12.3 Å². The van der Waals surface area contributed by atoms with Gasteiger partial charge >= 0.3 is 5.97 Å². The van der Waals surface area contributed by atoms with E-state index in [1.165, 1.54) is 11.8 Å². The Labute approximate surface area is 140 Å². The SMILES string of the molecule is COc1cccc(C(C)(CC(=O)O)NC(=O)C(C)n2cccn2)c1. The number of nitrogens with zero attached hydrogens (tertiary/aromatic N) is 2. The van der Waals surface area contributed by atoms with Gasteiger partial charge in [-0.3, -0.25) is 14.3 Å². The van der Waals surface area contributed by atoms with Gasteiger partial charge in [0.1, 0.15) is 11.8 Å². The van der Waals surface area contributed by atoms with E-state index in [1.54, 1.807) is 56.6 Å². The van der Waals surface area contributed by atoms with Crippen LogP contribution in [0.4, 0.5) is 0 Å². The lowest BCUT2D eigenvalue weighted by Crippen LogP contribution is -2.47. The summed E-state index contributed by atoms with van der Waals surface area (Å²) in [6.45, 7) is 3.39. The van der Waals surface area contributed by atoms with E-state index < -0.39 is 17.6 Å². The van der Waals surface area contributed by atoms with Crippen LogP contribution in [0.3, 0.4) is 0 Å². The monoisotopic (exact) mass is 331 g/mol. The summed E-state index contributed by atoms with van der Waals surface area (Å²) < 4.78 is 6.71. The summed E-state index contributed by atoms with van der Waals surface area (Å²) in [6.07, 6.45) is 3.02. The van der Waals surface area contributed by atoms with Crippen molar-refractivity contribution in [3.05, 3.63) is 48.3 Å². The van der Waals surface area contributed by atoms with Gasteiger partial charge in [0.25, 0.3) is 0 Å². The number of amides is 1. The summed E-state index contributed by atoms with van der Waals surface area (Å²) in [5.41, 5.74) is -0.413. The first-order chi connectivity index (χ1) is 11.4. The van der Waals surface area contributed by atoms with Crippen molar-refractivity contribution in [3.63, 3.8) is 0 Å². The second-order valence-corrected chi connectivity index (χ2v) is 5.79. The van der Waals surface area contributed by atoms with Gasteiger partial charge in [-0.25, -0.2) is 0 Å². The number of ether oxygens (including phenoxy) is 1. The highest BCUT2D eigenvalue weighted by Gasteiger charge is 2.33. The summed E-state index contributed by atoms with van der Waals surface area (Å²) in [5.74, 6) is -0.726. The number of methoxy groups -OCH3 is 1. The first kappa shape index (κ1) is 17.5. The summed E-state index contributed by atoms with van der Waals surface area (Å²) in [4.78, 5) is 23.9. The highest BCUT2D eigenvalue weighted by atomic mass is 16.5. The molecule has 2 unspecified atom stereocenters. The van der Waals surface area contributed by atoms with Gasteiger partial charge in [-0.1, -0.05) is 12.1 Å². The lowest BCUT2D eigenvalue weighted by Gasteiger charge is -2.31. The molecule has 0 aliphatic heterocycles. The lowest BCUT2D eigenvalue weighted by atomic mass is 9.88. The Kier molecular flexibility index (Phi) is 5.23. The molecular weight excluding hydrogens is 310 g/mol. The molecule has 0 saturated carbocycles. The van der Waals surface area contributed by atoms with Gasteiger partial charge in [0.05, 0.1) is 19.1 Å². The van der Waals surface area contributed by atoms with E-state index in [4.69, 9.17) is 4.74 Å². The fraction of sp³-hybridized carbons (Fsp3) is 0.353. The van der Waals surface area contributed by atoms with Gasteiger partial charge in [0, 0.05) is 12.4 Å². The molecule has 0 aliphatic rings. The molecule has 2 atom stereocenters. The van der Waals surface area contributed by atoms with Crippen LogP contribution < -0.4 is 10.1 Å². The fourth-order valence-corrected chi connectivity index (χ4v) is 2.49. The van der Waals surface area contributed by atoms with Crippen LogP contribution >= 0.6 is 0 Å². The van der Waals surface area contributed by atoms with Crippen molar-refractivity contribution in [2.24, 2.45) is 0 Å². The van der Waals surface area contributed by atoms with Crippen LogP contribution in [-0.4, -0.2) is 33.9 Å². The number of carboxylic acid groups (broad SMARTS) is 1. The zero-order valence-electron chi connectivity index (χ0n) is 13.9. The van der Waals surface area contributed by atoms with Crippen molar-refractivity contribution in [1.29, 1.82) is 0 Å². The van der Waals surface area contributed by atoms with E-state index in [9.17, 15) is 14.7 Å². The Bertz CT molecular complexity index is 714. The number of carbonyl (C=O) groups is 2. The molecule has 2 N–H and O–H groups in total. The molecule has 0 saturated heterocycles. The molecule has 0 aliphatic carbocycles. The maximum Gasteiger partial charge on any atom is 0.306 e. The van der Waals surface area contributed by atoms with E-state index in [0.29, 0.717) is 11.3 Å². The van der Waals surface area contributed by atoms with E-state index in [1.807, 2.05) is 0 Å². The molecule has 2 rings (SSSR count). The van der Waals surface area contributed by atoms with Crippen molar-refractivity contribution in [2.75, 3.05) is 7.11 Å².